The molecular weight excluding hydrogens is 188 g/mol. The van der Waals surface area contributed by atoms with E-state index in [4.69, 9.17) is 0 Å². The molecule has 1 amide bonds. The fraction of sp³-hybridized carbons (Fsp3) is 0.917. The van der Waals surface area contributed by atoms with E-state index in [0.29, 0.717) is 12.0 Å². The Balaban J connectivity index is 1.78. The van der Waals surface area contributed by atoms with Gasteiger partial charge in [0.25, 0.3) is 0 Å². The zero-order valence-electron chi connectivity index (χ0n) is 9.75. The Kier molecular flexibility index (Phi) is 3.29. The molecule has 2 rings (SSSR count). The first-order valence-electron chi connectivity index (χ1n) is 6.24. The van der Waals surface area contributed by atoms with E-state index in [-0.39, 0.29) is 11.9 Å². The summed E-state index contributed by atoms with van der Waals surface area (Å²) < 4.78 is 0. The fourth-order valence-corrected chi connectivity index (χ4v) is 2.37. The molecule has 4 atom stereocenters. The highest BCUT2D eigenvalue weighted by atomic mass is 16.2. The Labute approximate surface area is 92.0 Å². The number of hydrogen-bond acceptors (Lipinski definition) is 2. The van der Waals surface area contributed by atoms with Crippen molar-refractivity contribution in [1.82, 2.24) is 10.6 Å². The molecule has 15 heavy (non-hydrogen) atoms. The summed E-state index contributed by atoms with van der Waals surface area (Å²) in [6.07, 6.45) is 4.60. The maximum atomic E-state index is 11.9. The third kappa shape index (κ3) is 2.71. The van der Waals surface area contributed by atoms with Crippen LogP contribution in [0.2, 0.25) is 0 Å². The smallest absolute Gasteiger partial charge is 0.237 e. The molecule has 0 aromatic rings. The minimum absolute atomic E-state index is 0.0662. The summed E-state index contributed by atoms with van der Waals surface area (Å²) >= 11 is 0. The largest absolute Gasteiger partial charge is 0.352 e. The molecule has 0 spiro atoms. The number of amides is 1. The van der Waals surface area contributed by atoms with Gasteiger partial charge in [0.15, 0.2) is 0 Å². The summed E-state index contributed by atoms with van der Waals surface area (Å²) in [5.41, 5.74) is 0. The third-order valence-corrected chi connectivity index (χ3v) is 3.84. The molecule has 2 N–H and O–H groups in total. The van der Waals surface area contributed by atoms with Crippen LogP contribution >= 0.6 is 0 Å². The van der Waals surface area contributed by atoms with Gasteiger partial charge in [0.1, 0.15) is 0 Å². The van der Waals surface area contributed by atoms with E-state index >= 15 is 0 Å². The molecule has 1 aliphatic carbocycles. The quantitative estimate of drug-likeness (QED) is 0.737. The van der Waals surface area contributed by atoms with Crippen molar-refractivity contribution < 1.29 is 4.79 Å². The molecule has 3 nitrogen and oxygen atoms in total. The Morgan fingerprint density at radius 2 is 2.20 bits per heavy atom. The highest BCUT2D eigenvalue weighted by Crippen LogP contribution is 2.29. The van der Waals surface area contributed by atoms with E-state index < -0.39 is 0 Å². The molecular formula is C12H22N2O. The molecule has 4 unspecified atom stereocenters. The first-order chi connectivity index (χ1) is 7.20. The molecule has 2 fully saturated rings. The number of nitrogens with one attached hydrogen (secondary N) is 2. The predicted molar refractivity (Wildman–Crippen MR) is 60.5 cm³/mol. The number of piperidine rings is 1. The van der Waals surface area contributed by atoms with Crippen molar-refractivity contribution in [2.45, 2.75) is 51.6 Å². The van der Waals surface area contributed by atoms with Crippen LogP contribution in [0.15, 0.2) is 0 Å². The van der Waals surface area contributed by atoms with Crippen LogP contribution in [0.25, 0.3) is 0 Å². The van der Waals surface area contributed by atoms with Gasteiger partial charge >= 0.3 is 0 Å². The van der Waals surface area contributed by atoms with Gasteiger partial charge in [-0.25, -0.2) is 0 Å². The van der Waals surface area contributed by atoms with Gasteiger partial charge < -0.3 is 10.6 Å². The lowest BCUT2D eigenvalue weighted by atomic mass is 9.90. The summed E-state index contributed by atoms with van der Waals surface area (Å²) in [7, 11) is 0. The summed E-state index contributed by atoms with van der Waals surface area (Å²) in [5, 5.41) is 6.44. The van der Waals surface area contributed by atoms with Crippen LogP contribution in [0, 0.1) is 11.8 Å². The van der Waals surface area contributed by atoms with Crippen LogP contribution in [0.3, 0.4) is 0 Å². The van der Waals surface area contributed by atoms with Gasteiger partial charge in [-0.15, -0.1) is 0 Å². The predicted octanol–water partition coefficient (Wildman–Crippen LogP) is 1.29. The van der Waals surface area contributed by atoms with Crippen molar-refractivity contribution >= 4 is 5.91 Å². The Hall–Kier alpha value is -0.570. The van der Waals surface area contributed by atoms with E-state index in [0.717, 1.165) is 25.3 Å². The van der Waals surface area contributed by atoms with Crippen LogP contribution in [-0.2, 0) is 4.79 Å². The van der Waals surface area contributed by atoms with Gasteiger partial charge in [-0.1, -0.05) is 20.3 Å². The Morgan fingerprint density at radius 3 is 2.80 bits per heavy atom. The molecule has 3 heteroatoms. The molecule has 0 bridgehead atoms. The van der Waals surface area contributed by atoms with Crippen LogP contribution in [0.5, 0.6) is 0 Å². The Morgan fingerprint density at radius 1 is 1.47 bits per heavy atom. The second-order valence-corrected chi connectivity index (χ2v) is 5.13. The van der Waals surface area contributed by atoms with E-state index in [1.165, 1.54) is 12.8 Å². The van der Waals surface area contributed by atoms with Crippen LogP contribution in [0.1, 0.15) is 39.5 Å². The topological polar surface area (TPSA) is 41.1 Å². The molecule has 2 aliphatic rings. The van der Waals surface area contributed by atoms with Gasteiger partial charge in [0.05, 0.1) is 6.04 Å². The van der Waals surface area contributed by atoms with Crippen molar-refractivity contribution in [2.75, 3.05) is 6.54 Å². The van der Waals surface area contributed by atoms with Crippen LogP contribution < -0.4 is 10.6 Å². The molecule has 1 saturated heterocycles. The standard InChI is InChI=1S/C12H22N2O/c1-3-9-4-5-13-11(7-9)12(15)14-10-6-8(10)2/h8-11,13H,3-7H2,1-2H3,(H,14,15). The summed E-state index contributed by atoms with van der Waals surface area (Å²) in [6.45, 7) is 5.40. The van der Waals surface area contributed by atoms with Gasteiger partial charge in [-0.3, -0.25) is 4.79 Å². The van der Waals surface area contributed by atoms with E-state index in [9.17, 15) is 4.79 Å². The number of hydrogen-bond donors (Lipinski definition) is 2. The molecule has 0 radical (unpaired) electrons. The van der Waals surface area contributed by atoms with Crippen molar-refractivity contribution in [2.24, 2.45) is 11.8 Å². The van der Waals surface area contributed by atoms with E-state index in [1.807, 2.05) is 0 Å². The van der Waals surface area contributed by atoms with Crippen molar-refractivity contribution in [3.8, 4) is 0 Å². The van der Waals surface area contributed by atoms with Gasteiger partial charge in [0, 0.05) is 6.04 Å². The van der Waals surface area contributed by atoms with Crippen LogP contribution in [-0.4, -0.2) is 24.5 Å². The number of carbonyl (C=O) groups excluding carboxylic acids is 1. The molecule has 1 aliphatic heterocycles. The normalized spacial score (nSPS) is 39.9. The fourth-order valence-electron chi connectivity index (χ4n) is 2.37. The van der Waals surface area contributed by atoms with Crippen molar-refractivity contribution in [3.63, 3.8) is 0 Å². The minimum atomic E-state index is 0.0662. The third-order valence-electron chi connectivity index (χ3n) is 3.84. The zero-order valence-corrected chi connectivity index (χ0v) is 9.75. The van der Waals surface area contributed by atoms with Crippen LogP contribution in [0.4, 0.5) is 0 Å². The summed E-state index contributed by atoms with van der Waals surface area (Å²) in [5.74, 6) is 1.65. The van der Waals surface area contributed by atoms with Gasteiger partial charge in [-0.2, -0.15) is 0 Å². The number of carbonyl (C=O) groups is 1. The molecule has 0 aromatic heterocycles. The highest BCUT2D eigenvalue weighted by Gasteiger charge is 2.36. The van der Waals surface area contributed by atoms with Gasteiger partial charge in [-0.05, 0) is 37.6 Å². The van der Waals surface area contributed by atoms with E-state index in [2.05, 4.69) is 24.5 Å². The average Bonchev–Trinajstić information content (AvgIpc) is 2.94. The molecule has 0 aromatic carbocycles. The highest BCUT2D eigenvalue weighted by molar-refractivity contribution is 5.82. The average molecular weight is 210 g/mol. The molecule has 1 saturated carbocycles. The van der Waals surface area contributed by atoms with E-state index in [1.54, 1.807) is 0 Å². The number of rotatable bonds is 3. The molecule has 86 valence electrons. The summed E-state index contributed by atoms with van der Waals surface area (Å²) in [6, 6.07) is 0.526. The lowest BCUT2D eigenvalue weighted by Crippen LogP contribution is -2.49. The monoisotopic (exact) mass is 210 g/mol. The Bertz CT molecular complexity index is 242. The maximum Gasteiger partial charge on any atom is 0.237 e. The van der Waals surface area contributed by atoms with Crippen molar-refractivity contribution in [3.05, 3.63) is 0 Å². The molecule has 1 heterocycles. The zero-order chi connectivity index (χ0) is 10.8. The summed E-state index contributed by atoms with van der Waals surface area (Å²) in [4.78, 5) is 11.9. The first-order valence-corrected chi connectivity index (χ1v) is 6.24. The van der Waals surface area contributed by atoms with Gasteiger partial charge in [0.2, 0.25) is 5.91 Å². The second kappa shape index (κ2) is 4.52. The first kappa shape index (κ1) is 10.9. The minimum Gasteiger partial charge on any atom is -0.352 e. The lowest BCUT2D eigenvalue weighted by molar-refractivity contribution is -0.124. The SMILES string of the molecule is CCC1CCNC(C(=O)NC2CC2C)C1. The lowest BCUT2D eigenvalue weighted by Gasteiger charge is -2.28. The van der Waals surface area contributed by atoms with Crippen molar-refractivity contribution in [1.29, 1.82) is 0 Å². The maximum absolute atomic E-state index is 11.9. The second-order valence-electron chi connectivity index (χ2n) is 5.13.